The third-order valence-corrected chi connectivity index (χ3v) is 4.18. The predicted octanol–water partition coefficient (Wildman–Crippen LogP) is 3.28. The Balaban J connectivity index is 2.36. The molecule has 1 aliphatic rings. The molecule has 1 aromatic carbocycles. The molecular formula is C16H21F2NO2. The average Bonchev–Trinajstić information content (AvgIpc) is 2.50. The number of benzene rings is 1. The Morgan fingerprint density at radius 3 is 2.57 bits per heavy atom. The van der Waals surface area contributed by atoms with Crippen LogP contribution < -0.4 is 5.32 Å². The van der Waals surface area contributed by atoms with Gasteiger partial charge >= 0.3 is 5.97 Å². The normalized spacial score (nSPS) is 19.0. The maximum absolute atomic E-state index is 14.1. The van der Waals surface area contributed by atoms with Crippen molar-refractivity contribution in [3.63, 3.8) is 0 Å². The molecular weight excluding hydrogens is 276 g/mol. The lowest BCUT2D eigenvalue weighted by atomic mass is 9.87. The van der Waals surface area contributed by atoms with Gasteiger partial charge in [0, 0.05) is 11.6 Å². The number of hydrogen-bond acceptors (Lipinski definition) is 3. The molecule has 0 heterocycles. The molecule has 1 unspecified atom stereocenters. The summed E-state index contributed by atoms with van der Waals surface area (Å²) in [5.41, 5.74) is -1.40. The Morgan fingerprint density at radius 2 is 1.95 bits per heavy atom. The van der Waals surface area contributed by atoms with Crippen LogP contribution in [0.1, 0.15) is 44.6 Å². The summed E-state index contributed by atoms with van der Waals surface area (Å²) in [5.74, 6) is -2.58. The number of methoxy groups -OCH3 is 1. The van der Waals surface area contributed by atoms with Crippen molar-refractivity contribution >= 4 is 5.97 Å². The van der Waals surface area contributed by atoms with E-state index in [1.807, 2.05) is 0 Å². The number of carbonyl (C=O) groups excluding carboxylic acids is 1. The molecule has 1 saturated carbocycles. The number of esters is 1. The van der Waals surface area contributed by atoms with Gasteiger partial charge in [-0.15, -0.1) is 0 Å². The van der Waals surface area contributed by atoms with Crippen molar-refractivity contribution in [3.05, 3.63) is 35.4 Å². The summed E-state index contributed by atoms with van der Waals surface area (Å²) in [7, 11) is 1.25. The van der Waals surface area contributed by atoms with E-state index >= 15 is 0 Å². The fraction of sp³-hybridized carbons (Fsp3) is 0.562. The molecule has 21 heavy (non-hydrogen) atoms. The van der Waals surface area contributed by atoms with E-state index in [0.29, 0.717) is 0 Å². The standard InChI is InChI=1S/C16H21F2NO2/c1-16(15(20)21-2,19-11-7-4-3-5-8-11)12-9-6-10-13(17)14(12)18/h6,9-11,19H,3-5,7-8H2,1-2H3. The Hall–Kier alpha value is -1.49. The molecule has 0 aromatic heterocycles. The Labute approximate surface area is 123 Å². The summed E-state index contributed by atoms with van der Waals surface area (Å²) in [6.07, 6.45) is 5.15. The van der Waals surface area contributed by atoms with Gasteiger partial charge < -0.3 is 4.74 Å². The predicted molar refractivity (Wildman–Crippen MR) is 75.7 cm³/mol. The lowest BCUT2D eigenvalue weighted by Crippen LogP contribution is -2.53. The van der Waals surface area contributed by atoms with Crippen molar-refractivity contribution in [3.8, 4) is 0 Å². The van der Waals surface area contributed by atoms with E-state index in [1.54, 1.807) is 6.92 Å². The van der Waals surface area contributed by atoms with Crippen LogP contribution in [0.25, 0.3) is 0 Å². The van der Waals surface area contributed by atoms with Crippen LogP contribution >= 0.6 is 0 Å². The van der Waals surface area contributed by atoms with Gasteiger partial charge in [0.2, 0.25) is 0 Å². The third-order valence-electron chi connectivity index (χ3n) is 4.18. The quantitative estimate of drug-likeness (QED) is 0.867. The van der Waals surface area contributed by atoms with E-state index < -0.39 is 23.1 Å². The maximum Gasteiger partial charge on any atom is 0.330 e. The zero-order valence-electron chi connectivity index (χ0n) is 12.4. The van der Waals surface area contributed by atoms with Gasteiger partial charge in [0.15, 0.2) is 11.6 Å². The Kier molecular flexibility index (Phi) is 4.93. The Bertz CT molecular complexity index is 515. The maximum atomic E-state index is 14.1. The summed E-state index contributed by atoms with van der Waals surface area (Å²) in [6.45, 7) is 1.55. The van der Waals surface area contributed by atoms with Crippen LogP contribution in [0.3, 0.4) is 0 Å². The minimum absolute atomic E-state index is 0.0140. The van der Waals surface area contributed by atoms with Gasteiger partial charge in [0.05, 0.1) is 7.11 Å². The van der Waals surface area contributed by atoms with Crippen LogP contribution in [0.4, 0.5) is 8.78 Å². The number of carbonyl (C=O) groups is 1. The number of rotatable bonds is 4. The fourth-order valence-electron chi connectivity index (χ4n) is 3.00. The molecule has 3 nitrogen and oxygen atoms in total. The van der Waals surface area contributed by atoms with Gasteiger partial charge in [0.25, 0.3) is 0 Å². The van der Waals surface area contributed by atoms with Crippen LogP contribution in [-0.4, -0.2) is 19.1 Å². The molecule has 0 saturated heterocycles. The molecule has 1 fully saturated rings. The second kappa shape index (κ2) is 6.52. The highest BCUT2D eigenvalue weighted by atomic mass is 19.2. The first-order valence-electron chi connectivity index (χ1n) is 7.29. The van der Waals surface area contributed by atoms with E-state index in [4.69, 9.17) is 4.74 Å². The number of ether oxygens (including phenoxy) is 1. The van der Waals surface area contributed by atoms with Gasteiger partial charge in [0.1, 0.15) is 5.54 Å². The largest absolute Gasteiger partial charge is 0.467 e. The summed E-state index contributed by atoms with van der Waals surface area (Å²) >= 11 is 0. The minimum atomic E-state index is -1.39. The number of nitrogens with one attached hydrogen (secondary N) is 1. The highest BCUT2D eigenvalue weighted by Crippen LogP contribution is 2.29. The molecule has 0 amide bonds. The molecule has 0 aliphatic heterocycles. The SMILES string of the molecule is COC(=O)C(C)(NC1CCCCC1)c1cccc(F)c1F. The van der Waals surface area contributed by atoms with Gasteiger partial charge in [-0.25, -0.2) is 13.6 Å². The van der Waals surface area contributed by atoms with E-state index in [0.717, 1.165) is 31.7 Å². The monoisotopic (exact) mass is 297 g/mol. The zero-order chi connectivity index (χ0) is 15.5. The molecule has 1 aromatic rings. The van der Waals surface area contributed by atoms with E-state index in [9.17, 15) is 13.6 Å². The molecule has 0 radical (unpaired) electrons. The molecule has 0 bridgehead atoms. The van der Waals surface area contributed by atoms with Crippen molar-refractivity contribution in [1.29, 1.82) is 0 Å². The zero-order valence-corrected chi connectivity index (χ0v) is 12.4. The van der Waals surface area contributed by atoms with Crippen LogP contribution in [-0.2, 0) is 15.1 Å². The summed E-state index contributed by atoms with van der Waals surface area (Å²) < 4.78 is 32.4. The van der Waals surface area contributed by atoms with Crippen molar-refractivity contribution in [2.75, 3.05) is 7.11 Å². The van der Waals surface area contributed by atoms with Crippen LogP contribution in [0.15, 0.2) is 18.2 Å². The van der Waals surface area contributed by atoms with Crippen molar-refractivity contribution < 1.29 is 18.3 Å². The highest BCUT2D eigenvalue weighted by molar-refractivity contribution is 5.82. The minimum Gasteiger partial charge on any atom is -0.467 e. The van der Waals surface area contributed by atoms with Crippen LogP contribution in [0.5, 0.6) is 0 Å². The second-order valence-electron chi connectivity index (χ2n) is 5.70. The molecule has 1 aliphatic carbocycles. The summed E-state index contributed by atoms with van der Waals surface area (Å²) in [4.78, 5) is 12.2. The Morgan fingerprint density at radius 1 is 1.29 bits per heavy atom. The van der Waals surface area contributed by atoms with E-state index in [1.165, 1.54) is 25.7 Å². The van der Waals surface area contributed by atoms with Crippen molar-refractivity contribution in [2.24, 2.45) is 0 Å². The van der Waals surface area contributed by atoms with Gasteiger partial charge in [-0.05, 0) is 25.8 Å². The summed E-state index contributed by atoms with van der Waals surface area (Å²) in [6, 6.07) is 3.96. The molecule has 1 N–H and O–H groups in total. The first-order chi connectivity index (χ1) is 9.99. The fourth-order valence-corrected chi connectivity index (χ4v) is 3.00. The average molecular weight is 297 g/mol. The molecule has 116 valence electrons. The second-order valence-corrected chi connectivity index (χ2v) is 5.70. The highest BCUT2D eigenvalue weighted by Gasteiger charge is 2.41. The first kappa shape index (κ1) is 15.9. The van der Waals surface area contributed by atoms with Crippen molar-refractivity contribution in [2.45, 2.75) is 50.6 Å². The molecule has 5 heteroatoms. The lowest BCUT2D eigenvalue weighted by molar-refractivity contribution is -0.149. The number of halogens is 2. The molecule has 2 rings (SSSR count). The van der Waals surface area contributed by atoms with E-state index in [-0.39, 0.29) is 11.6 Å². The van der Waals surface area contributed by atoms with E-state index in [2.05, 4.69) is 5.32 Å². The van der Waals surface area contributed by atoms with Crippen molar-refractivity contribution in [1.82, 2.24) is 5.32 Å². The lowest BCUT2D eigenvalue weighted by Gasteiger charge is -2.35. The number of hydrogen-bond donors (Lipinski definition) is 1. The van der Waals surface area contributed by atoms with Gasteiger partial charge in [-0.3, -0.25) is 5.32 Å². The third kappa shape index (κ3) is 3.23. The van der Waals surface area contributed by atoms with Crippen LogP contribution in [0.2, 0.25) is 0 Å². The topological polar surface area (TPSA) is 38.3 Å². The molecule has 1 atom stereocenters. The first-order valence-corrected chi connectivity index (χ1v) is 7.29. The molecule has 0 spiro atoms. The van der Waals surface area contributed by atoms with Gasteiger partial charge in [-0.2, -0.15) is 0 Å². The smallest absolute Gasteiger partial charge is 0.330 e. The van der Waals surface area contributed by atoms with Crippen LogP contribution in [0, 0.1) is 11.6 Å². The summed E-state index contributed by atoms with van der Waals surface area (Å²) in [5, 5.41) is 3.19. The van der Waals surface area contributed by atoms with Gasteiger partial charge in [-0.1, -0.05) is 31.4 Å².